The Morgan fingerprint density at radius 3 is 2.88 bits per heavy atom. The number of hydrogen-bond donors (Lipinski definition) is 1. The number of urea groups is 1. The van der Waals surface area contributed by atoms with E-state index in [1.54, 1.807) is 17.0 Å². The molecule has 2 aliphatic heterocycles. The van der Waals surface area contributed by atoms with Gasteiger partial charge in [0.05, 0.1) is 25.5 Å². The minimum atomic E-state index is -0.480. The van der Waals surface area contributed by atoms with E-state index < -0.39 is 5.82 Å². The van der Waals surface area contributed by atoms with Gasteiger partial charge in [0.15, 0.2) is 0 Å². The molecular weight excluding hydrogens is 337 g/mol. The molecule has 1 aromatic carbocycles. The summed E-state index contributed by atoms with van der Waals surface area (Å²) in [7, 11) is 0. The third kappa shape index (κ3) is 5.08. The van der Waals surface area contributed by atoms with Crippen molar-refractivity contribution < 1.29 is 18.7 Å². The van der Waals surface area contributed by atoms with Crippen molar-refractivity contribution in [3.8, 4) is 5.75 Å². The van der Waals surface area contributed by atoms with Crippen LogP contribution in [0.15, 0.2) is 18.2 Å². The average molecular weight is 365 g/mol. The summed E-state index contributed by atoms with van der Waals surface area (Å²) in [6.45, 7) is 8.22. The van der Waals surface area contributed by atoms with Crippen LogP contribution < -0.4 is 10.1 Å². The van der Waals surface area contributed by atoms with Crippen LogP contribution in [0.25, 0.3) is 0 Å². The smallest absolute Gasteiger partial charge is 0.321 e. The summed E-state index contributed by atoms with van der Waals surface area (Å²) in [4.78, 5) is 16.8. The van der Waals surface area contributed by atoms with Crippen LogP contribution in [0.4, 0.5) is 14.9 Å². The van der Waals surface area contributed by atoms with Gasteiger partial charge >= 0.3 is 6.03 Å². The number of carbonyl (C=O) groups excluding carboxylic acids is 1. The standard InChI is InChI=1S/C19H28FN3O3/c1-2-26-16-5-6-18(17(20)12-16)21-19(24)23-7-3-4-15(14-23)13-22-8-10-25-11-9-22/h5-6,12,15H,2-4,7-11,13-14H2,1H3,(H,21,24)/t15-/m1/s1. The summed E-state index contributed by atoms with van der Waals surface area (Å²) in [5.74, 6) is 0.440. The lowest BCUT2D eigenvalue weighted by Gasteiger charge is -2.36. The first-order valence-electron chi connectivity index (χ1n) is 9.44. The van der Waals surface area contributed by atoms with Crippen LogP contribution in [0, 0.1) is 11.7 Å². The molecule has 2 fully saturated rings. The van der Waals surface area contributed by atoms with Gasteiger partial charge in [0.2, 0.25) is 0 Å². The van der Waals surface area contributed by atoms with Crippen LogP contribution in [0.3, 0.4) is 0 Å². The molecule has 0 saturated carbocycles. The molecule has 1 atom stereocenters. The number of likely N-dealkylation sites (tertiary alicyclic amines) is 1. The van der Waals surface area contributed by atoms with Crippen LogP contribution in [0.2, 0.25) is 0 Å². The number of anilines is 1. The molecule has 144 valence electrons. The Hall–Kier alpha value is -1.86. The maximum absolute atomic E-state index is 14.2. The van der Waals surface area contributed by atoms with E-state index in [4.69, 9.17) is 9.47 Å². The number of hydrogen-bond acceptors (Lipinski definition) is 4. The Kier molecular flexibility index (Phi) is 6.68. The van der Waals surface area contributed by atoms with E-state index in [9.17, 15) is 9.18 Å². The number of carbonyl (C=O) groups is 1. The fourth-order valence-corrected chi connectivity index (χ4v) is 3.60. The van der Waals surface area contributed by atoms with Crippen molar-refractivity contribution >= 4 is 11.7 Å². The zero-order valence-corrected chi connectivity index (χ0v) is 15.4. The average Bonchev–Trinajstić information content (AvgIpc) is 2.65. The first kappa shape index (κ1) is 18.9. The van der Waals surface area contributed by atoms with E-state index in [0.717, 1.165) is 45.7 Å². The largest absolute Gasteiger partial charge is 0.494 e. The zero-order valence-electron chi connectivity index (χ0n) is 15.4. The Morgan fingerprint density at radius 2 is 2.15 bits per heavy atom. The quantitative estimate of drug-likeness (QED) is 0.872. The van der Waals surface area contributed by atoms with Gasteiger partial charge in [0.25, 0.3) is 0 Å². The van der Waals surface area contributed by atoms with Gasteiger partial charge in [-0.15, -0.1) is 0 Å². The predicted octanol–water partition coefficient (Wildman–Crippen LogP) is 2.80. The van der Waals surface area contributed by atoms with Gasteiger partial charge in [-0.2, -0.15) is 0 Å². The van der Waals surface area contributed by atoms with Gasteiger partial charge in [0.1, 0.15) is 11.6 Å². The SMILES string of the molecule is CCOc1ccc(NC(=O)N2CCC[C@H](CN3CCOCC3)C2)c(F)c1. The second-order valence-corrected chi connectivity index (χ2v) is 6.87. The molecule has 6 nitrogen and oxygen atoms in total. The molecule has 0 spiro atoms. The molecule has 0 aromatic heterocycles. The third-order valence-corrected chi connectivity index (χ3v) is 4.92. The summed E-state index contributed by atoms with van der Waals surface area (Å²) in [5.41, 5.74) is 0.189. The van der Waals surface area contributed by atoms with Crippen molar-refractivity contribution in [3.05, 3.63) is 24.0 Å². The van der Waals surface area contributed by atoms with E-state index in [-0.39, 0.29) is 11.7 Å². The molecule has 7 heteroatoms. The number of halogens is 1. The molecule has 1 N–H and O–H groups in total. The van der Waals surface area contributed by atoms with Crippen LogP contribution in [0.5, 0.6) is 5.75 Å². The van der Waals surface area contributed by atoms with Crippen molar-refractivity contribution in [1.82, 2.24) is 9.80 Å². The molecule has 0 radical (unpaired) electrons. The Bertz CT molecular complexity index is 608. The van der Waals surface area contributed by atoms with Gasteiger partial charge in [-0.1, -0.05) is 0 Å². The molecule has 1 aromatic rings. The molecule has 26 heavy (non-hydrogen) atoms. The number of amides is 2. The van der Waals surface area contributed by atoms with Gasteiger partial charge in [-0.25, -0.2) is 9.18 Å². The molecule has 2 aliphatic rings. The van der Waals surface area contributed by atoms with E-state index in [1.807, 2.05) is 6.92 Å². The van der Waals surface area contributed by atoms with Gasteiger partial charge in [-0.3, -0.25) is 4.90 Å². The van der Waals surface area contributed by atoms with Gasteiger partial charge in [-0.05, 0) is 37.8 Å². The molecule has 3 rings (SSSR count). The maximum atomic E-state index is 14.2. The maximum Gasteiger partial charge on any atom is 0.321 e. The lowest BCUT2D eigenvalue weighted by Crippen LogP contribution is -2.47. The molecule has 0 bridgehead atoms. The van der Waals surface area contributed by atoms with E-state index in [1.165, 1.54) is 6.07 Å². The fourth-order valence-electron chi connectivity index (χ4n) is 3.60. The third-order valence-electron chi connectivity index (χ3n) is 4.92. The minimum Gasteiger partial charge on any atom is -0.494 e. The molecular formula is C19H28FN3O3. The second-order valence-electron chi connectivity index (χ2n) is 6.87. The van der Waals surface area contributed by atoms with E-state index >= 15 is 0 Å². The highest BCUT2D eigenvalue weighted by Crippen LogP contribution is 2.23. The van der Waals surface area contributed by atoms with Crippen molar-refractivity contribution in [2.45, 2.75) is 19.8 Å². The lowest BCUT2D eigenvalue weighted by molar-refractivity contribution is 0.0252. The van der Waals surface area contributed by atoms with Crippen molar-refractivity contribution in [2.75, 3.05) is 57.9 Å². The number of rotatable bonds is 5. The van der Waals surface area contributed by atoms with Crippen molar-refractivity contribution in [1.29, 1.82) is 0 Å². The Morgan fingerprint density at radius 1 is 1.35 bits per heavy atom. The Balaban J connectivity index is 1.53. The summed E-state index contributed by atoms with van der Waals surface area (Å²) >= 11 is 0. The molecule has 0 unspecified atom stereocenters. The fraction of sp³-hybridized carbons (Fsp3) is 0.632. The van der Waals surface area contributed by atoms with E-state index in [2.05, 4.69) is 10.2 Å². The Labute approximate surface area is 154 Å². The number of ether oxygens (including phenoxy) is 2. The number of piperidine rings is 1. The van der Waals surface area contributed by atoms with Crippen LogP contribution in [-0.2, 0) is 4.74 Å². The van der Waals surface area contributed by atoms with Crippen LogP contribution in [-0.4, -0.2) is 68.4 Å². The summed E-state index contributed by atoms with van der Waals surface area (Å²) in [5, 5.41) is 2.70. The molecule has 2 heterocycles. The molecule has 2 amide bonds. The topological polar surface area (TPSA) is 54.0 Å². The summed E-state index contributed by atoms with van der Waals surface area (Å²) in [6.07, 6.45) is 2.10. The van der Waals surface area contributed by atoms with Gasteiger partial charge < -0.3 is 19.7 Å². The van der Waals surface area contributed by atoms with Crippen molar-refractivity contribution in [2.24, 2.45) is 5.92 Å². The lowest BCUT2D eigenvalue weighted by atomic mass is 9.97. The molecule has 2 saturated heterocycles. The number of morpholine rings is 1. The van der Waals surface area contributed by atoms with Gasteiger partial charge in [0, 0.05) is 38.8 Å². The predicted molar refractivity (Wildman–Crippen MR) is 98.1 cm³/mol. The van der Waals surface area contributed by atoms with Crippen LogP contribution >= 0.6 is 0 Å². The number of benzene rings is 1. The highest BCUT2D eigenvalue weighted by atomic mass is 19.1. The van der Waals surface area contributed by atoms with E-state index in [0.29, 0.717) is 31.4 Å². The minimum absolute atomic E-state index is 0.189. The number of nitrogens with one attached hydrogen (secondary N) is 1. The normalized spacial score (nSPS) is 21.5. The highest BCUT2D eigenvalue weighted by Gasteiger charge is 2.26. The first-order valence-corrected chi connectivity index (χ1v) is 9.44. The summed E-state index contributed by atoms with van der Waals surface area (Å²) < 4.78 is 24.8. The second kappa shape index (κ2) is 9.19. The highest BCUT2D eigenvalue weighted by molar-refractivity contribution is 5.89. The summed E-state index contributed by atoms with van der Waals surface area (Å²) in [6, 6.07) is 4.28. The zero-order chi connectivity index (χ0) is 18.4. The van der Waals surface area contributed by atoms with Crippen molar-refractivity contribution in [3.63, 3.8) is 0 Å². The first-order chi connectivity index (χ1) is 12.7. The van der Waals surface area contributed by atoms with Crippen LogP contribution in [0.1, 0.15) is 19.8 Å². The molecule has 0 aliphatic carbocycles. The number of nitrogens with zero attached hydrogens (tertiary/aromatic N) is 2. The monoisotopic (exact) mass is 365 g/mol.